The van der Waals surface area contributed by atoms with Crippen molar-refractivity contribution < 1.29 is 13.9 Å². The monoisotopic (exact) mass is 336 g/mol. The fraction of sp³-hybridized carbons (Fsp3) is 0.500. The number of hydrogen-bond donors (Lipinski definition) is 2. The first-order valence-electron chi connectivity index (χ1n) is 6.67. The van der Waals surface area contributed by atoms with E-state index in [0.29, 0.717) is 5.75 Å². The molecule has 118 valence electrons. The van der Waals surface area contributed by atoms with Crippen LogP contribution in [0.3, 0.4) is 0 Å². The van der Waals surface area contributed by atoms with Gasteiger partial charge in [0.05, 0.1) is 5.02 Å². The number of benzene rings is 1. The summed E-state index contributed by atoms with van der Waals surface area (Å²) in [6, 6.07) is 4.42. The van der Waals surface area contributed by atoms with Gasteiger partial charge in [0.15, 0.2) is 6.61 Å². The van der Waals surface area contributed by atoms with E-state index in [0.717, 1.165) is 25.7 Å². The van der Waals surface area contributed by atoms with Gasteiger partial charge in [-0.2, -0.15) is 0 Å². The van der Waals surface area contributed by atoms with Crippen molar-refractivity contribution in [3.63, 3.8) is 0 Å². The van der Waals surface area contributed by atoms with Gasteiger partial charge in [-0.1, -0.05) is 11.6 Å². The zero-order valence-electron chi connectivity index (χ0n) is 11.5. The SMILES string of the molecule is Cl.NC1CCC(NC(=O)COc2ccc(F)c(Cl)c2)CC1. The number of hydrogen-bond acceptors (Lipinski definition) is 3. The Morgan fingerprint density at radius 1 is 1.38 bits per heavy atom. The maximum Gasteiger partial charge on any atom is 0.258 e. The van der Waals surface area contributed by atoms with Gasteiger partial charge in [-0.3, -0.25) is 4.79 Å². The van der Waals surface area contributed by atoms with E-state index in [1.165, 1.54) is 18.2 Å². The second-order valence-electron chi connectivity index (χ2n) is 5.04. The molecule has 1 aliphatic carbocycles. The molecule has 1 aliphatic rings. The van der Waals surface area contributed by atoms with Crippen LogP contribution in [0.2, 0.25) is 5.02 Å². The summed E-state index contributed by atoms with van der Waals surface area (Å²) < 4.78 is 18.2. The first kappa shape index (κ1) is 18.0. The summed E-state index contributed by atoms with van der Waals surface area (Å²) in [5.41, 5.74) is 5.81. The lowest BCUT2D eigenvalue weighted by atomic mass is 9.92. The van der Waals surface area contributed by atoms with Gasteiger partial charge < -0.3 is 15.8 Å². The minimum absolute atomic E-state index is 0. The molecular formula is C14H19Cl2FN2O2. The predicted molar refractivity (Wildman–Crippen MR) is 82.5 cm³/mol. The Hall–Kier alpha value is -1.04. The van der Waals surface area contributed by atoms with Crippen LogP contribution in [-0.2, 0) is 4.79 Å². The van der Waals surface area contributed by atoms with Crippen LogP contribution >= 0.6 is 24.0 Å². The largest absolute Gasteiger partial charge is 0.484 e. The molecule has 1 saturated carbocycles. The molecule has 2 rings (SSSR count). The number of ether oxygens (including phenoxy) is 1. The summed E-state index contributed by atoms with van der Waals surface area (Å²) in [5.74, 6) is -0.329. The Labute approximate surface area is 134 Å². The number of rotatable bonds is 4. The Morgan fingerprint density at radius 3 is 2.67 bits per heavy atom. The summed E-state index contributed by atoms with van der Waals surface area (Å²) in [6.45, 7) is -0.107. The predicted octanol–water partition coefficient (Wildman–Crippen LogP) is 2.67. The third kappa shape index (κ3) is 5.69. The van der Waals surface area contributed by atoms with E-state index >= 15 is 0 Å². The molecule has 4 nitrogen and oxygen atoms in total. The van der Waals surface area contributed by atoms with Gasteiger partial charge in [-0.05, 0) is 37.8 Å². The average Bonchev–Trinajstić information content (AvgIpc) is 2.43. The Balaban J connectivity index is 0.00000220. The molecule has 0 radical (unpaired) electrons. The Bertz CT molecular complexity index is 480. The quantitative estimate of drug-likeness (QED) is 0.888. The number of carbonyl (C=O) groups excluding carboxylic acids is 1. The first-order valence-corrected chi connectivity index (χ1v) is 7.05. The van der Waals surface area contributed by atoms with E-state index < -0.39 is 5.82 Å². The maximum absolute atomic E-state index is 13.0. The highest BCUT2D eigenvalue weighted by atomic mass is 35.5. The van der Waals surface area contributed by atoms with Crippen molar-refractivity contribution in [2.75, 3.05) is 6.61 Å². The number of nitrogens with two attached hydrogens (primary N) is 1. The van der Waals surface area contributed by atoms with Gasteiger partial charge in [-0.15, -0.1) is 12.4 Å². The van der Waals surface area contributed by atoms with Gasteiger partial charge in [0.25, 0.3) is 5.91 Å². The van der Waals surface area contributed by atoms with Crippen molar-refractivity contribution in [2.24, 2.45) is 5.73 Å². The molecule has 3 N–H and O–H groups in total. The Morgan fingerprint density at radius 2 is 2.05 bits per heavy atom. The molecule has 1 amide bonds. The molecule has 1 aromatic rings. The summed E-state index contributed by atoms with van der Waals surface area (Å²) >= 11 is 5.63. The smallest absolute Gasteiger partial charge is 0.258 e. The molecule has 1 fully saturated rings. The number of amides is 1. The fourth-order valence-corrected chi connectivity index (χ4v) is 2.42. The summed E-state index contributed by atoms with van der Waals surface area (Å²) in [7, 11) is 0. The van der Waals surface area contributed by atoms with Gasteiger partial charge in [0.2, 0.25) is 0 Å². The van der Waals surface area contributed by atoms with E-state index in [1.807, 2.05) is 0 Å². The highest BCUT2D eigenvalue weighted by Crippen LogP contribution is 2.21. The molecule has 0 saturated heterocycles. The van der Waals surface area contributed by atoms with Crippen molar-refractivity contribution in [1.29, 1.82) is 0 Å². The molecule has 7 heteroatoms. The van der Waals surface area contributed by atoms with E-state index in [1.54, 1.807) is 0 Å². The molecule has 0 heterocycles. The van der Waals surface area contributed by atoms with Crippen LogP contribution in [0, 0.1) is 5.82 Å². The molecule has 0 bridgehead atoms. The minimum Gasteiger partial charge on any atom is -0.484 e. The summed E-state index contributed by atoms with van der Waals surface area (Å²) in [4.78, 5) is 11.7. The van der Waals surface area contributed by atoms with E-state index in [9.17, 15) is 9.18 Å². The number of nitrogens with one attached hydrogen (secondary N) is 1. The lowest BCUT2D eigenvalue weighted by molar-refractivity contribution is -0.124. The van der Waals surface area contributed by atoms with Crippen molar-refractivity contribution >= 4 is 29.9 Å². The van der Waals surface area contributed by atoms with Crippen LogP contribution in [0.1, 0.15) is 25.7 Å². The standard InChI is InChI=1S/C14H18ClFN2O2.ClH/c15-12-7-11(5-6-13(12)16)20-8-14(19)18-10-3-1-9(17)2-4-10;/h5-7,9-10H,1-4,8,17H2,(H,18,19);1H. The molecule has 0 unspecified atom stereocenters. The average molecular weight is 337 g/mol. The maximum atomic E-state index is 13.0. The lowest BCUT2D eigenvalue weighted by Gasteiger charge is -2.26. The highest BCUT2D eigenvalue weighted by Gasteiger charge is 2.20. The fourth-order valence-electron chi connectivity index (χ4n) is 2.25. The zero-order valence-corrected chi connectivity index (χ0v) is 13.1. The molecule has 1 aromatic carbocycles. The van der Waals surface area contributed by atoms with Gasteiger partial charge in [0, 0.05) is 18.2 Å². The second-order valence-corrected chi connectivity index (χ2v) is 5.45. The van der Waals surface area contributed by atoms with Gasteiger partial charge in [-0.25, -0.2) is 4.39 Å². The van der Waals surface area contributed by atoms with Crippen molar-refractivity contribution in [3.8, 4) is 5.75 Å². The minimum atomic E-state index is -0.512. The molecule has 0 aliphatic heterocycles. The highest BCUT2D eigenvalue weighted by molar-refractivity contribution is 6.30. The molecule has 0 atom stereocenters. The first-order chi connectivity index (χ1) is 9.54. The van der Waals surface area contributed by atoms with Gasteiger partial charge in [0.1, 0.15) is 11.6 Å². The van der Waals surface area contributed by atoms with E-state index in [2.05, 4.69) is 5.32 Å². The normalized spacial score (nSPS) is 21.3. The van der Waals surface area contributed by atoms with Crippen molar-refractivity contribution in [2.45, 2.75) is 37.8 Å². The zero-order chi connectivity index (χ0) is 14.5. The van der Waals surface area contributed by atoms with Crippen molar-refractivity contribution in [3.05, 3.63) is 29.0 Å². The third-order valence-corrected chi connectivity index (χ3v) is 3.69. The Kier molecular flexibility index (Phi) is 7.22. The van der Waals surface area contributed by atoms with Crippen molar-refractivity contribution in [1.82, 2.24) is 5.32 Å². The van der Waals surface area contributed by atoms with Crippen LogP contribution in [-0.4, -0.2) is 24.6 Å². The number of carbonyl (C=O) groups is 1. The molecular weight excluding hydrogens is 318 g/mol. The summed E-state index contributed by atoms with van der Waals surface area (Å²) in [5, 5.41) is 2.89. The number of halogens is 3. The van der Waals surface area contributed by atoms with E-state index in [-0.39, 0.29) is 42.0 Å². The summed E-state index contributed by atoms with van der Waals surface area (Å²) in [6.07, 6.45) is 3.66. The van der Waals surface area contributed by atoms with E-state index in [4.69, 9.17) is 22.1 Å². The second kappa shape index (κ2) is 8.41. The molecule has 0 aromatic heterocycles. The molecule has 21 heavy (non-hydrogen) atoms. The topological polar surface area (TPSA) is 64.3 Å². The van der Waals surface area contributed by atoms with Crippen LogP contribution in [0.4, 0.5) is 4.39 Å². The third-order valence-electron chi connectivity index (χ3n) is 3.40. The lowest BCUT2D eigenvalue weighted by Crippen LogP contribution is -2.42. The molecule has 0 spiro atoms. The van der Waals surface area contributed by atoms with Gasteiger partial charge >= 0.3 is 0 Å². The van der Waals surface area contributed by atoms with Crippen LogP contribution in [0.25, 0.3) is 0 Å². The van der Waals surface area contributed by atoms with Crippen LogP contribution < -0.4 is 15.8 Å². The van der Waals surface area contributed by atoms with Crippen LogP contribution in [0.15, 0.2) is 18.2 Å². The van der Waals surface area contributed by atoms with Crippen LogP contribution in [0.5, 0.6) is 5.75 Å².